The SMILES string of the molecule is O=C(CSc1ccc(Br)cc1)Nc1cccc(S(=O)(=O)N2CCCC2)c1. The molecule has 1 aliphatic rings. The van der Waals surface area contributed by atoms with Gasteiger partial charge in [-0.1, -0.05) is 22.0 Å². The molecule has 0 unspecified atom stereocenters. The maximum absolute atomic E-state index is 12.6. The molecule has 0 spiro atoms. The van der Waals surface area contributed by atoms with E-state index in [-0.39, 0.29) is 16.6 Å². The molecule has 2 aromatic carbocycles. The highest BCUT2D eigenvalue weighted by Gasteiger charge is 2.27. The second-order valence-electron chi connectivity index (χ2n) is 5.93. The van der Waals surface area contributed by atoms with Crippen LogP contribution in [0.2, 0.25) is 0 Å². The average Bonchev–Trinajstić information content (AvgIpc) is 3.17. The third kappa shape index (κ3) is 4.88. The number of hydrogen-bond donors (Lipinski definition) is 1. The van der Waals surface area contributed by atoms with Crippen LogP contribution in [-0.2, 0) is 14.8 Å². The van der Waals surface area contributed by atoms with Crippen molar-refractivity contribution in [1.82, 2.24) is 4.31 Å². The van der Waals surface area contributed by atoms with Crippen LogP contribution in [0.5, 0.6) is 0 Å². The smallest absolute Gasteiger partial charge is 0.243 e. The van der Waals surface area contributed by atoms with Crippen molar-refractivity contribution in [3.05, 3.63) is 53.0 Å². The van der Waals surface area contributed by atoms with Crippen LogP contribution in [-0.4, -0.2) is 37.5 Å². The van der Waals surface area contributed by atoms with Gasteiger partial charge in [-0.2, -0.15) is 4.31 Å². The Balaban J connectivity index is 1.62. The van der Waals surface area contributed by atoms with Gasteiger partial charge in [-0.05, 0) is 55.3 Å². The number of anilines is 1. The number of nitrogens with one attached hydrogen (secondary N) is 1. The monoisotopic (exact) mass is 454 g/mol. The molecule has 0 aliphatic carbocycles. The van der Waals surface area contributed by atoms with Crippen molar-refractivity contribution < 1.29 is 13.2 Å². The molecule has 8 heteroatoms. The molecule has 1 N–H and O–H groups in total. The molecule has 0 radical (unpaired) electrons. The second-order valence-corrected chi connectivity index (χ2v) is 9.83. The Hall–Kier alpha value is -1.35. The lowest BCUT2D eigenvalue weighted by Crippen LogP contribution is -2.28. The molecule has 1 fully saturated rings. The van der Waals surface area contributed by atoms with Crippen molar-refractivity contribution in [2.45, 2.75) is 22.6 Å². The first kappa shape index (κ1) is 19.4. The number of halogens is 1. The Morgan fingerprint density at radius 2 is 1.81 bits per heavy atom. The average molecular weight is 455 g/mol. The fourth-order valence-corrected chi connectivity index (χ4v) is 5.21. The molecule has 0 saturated carbocycles. The molecule has 5 nitrogen and oxygen atoms in total. The zero-order valence-corrected chi connectivity index (χ0v) is 17.2. The summed E-state index contributed by atoms with van der Waals surface area (Å²) in [5.74, 6) is 0.0821. The van der Waals surface area contributed by atoms with E-state index in [4.69, 9.17) is 0 Å². The lowest BCUT2D eigenvalue weighted by Gasteiger charge is -2.16. The minimum absolute atomic E-state index is 0.173. The van der Waals surface area contributed by atoms with Crippen molar-refractivity contribution >= 4 is 49.3 Å². The first-order valence-electron chi connectivity index (χ1n) is 8.23. The van der Waals surface area contributed by atoms with Crippen molar-refractivity contribution in [1.29, 1.82) is 0 Å². The molecular formula is C18H19BrN2O3S2. The van der Waals surface area contributed by atoms with Crippen molar-refractivity contribution in [3.8, 4) is 0 Å². The van der Waals surface area contributed by atoms with Gasteiger partial charge in [0.15, 0.2) is 0 Å². The highest BCUT2D eigenvalue weighted by atomic mass is 79.9. The van der Waals surface area contributed by atoms with E-state index in [0.717, 1.165) is 22.2 Å². The van der Waals surface area contributed by atoms with E-state index in [1.807, 2.05) is 24.3 Å². The van der Waals surface area contributed by atoms with Crippen LogP contribution >= 0.6 is 27.7 Å². The molecule has 1 aliphatic heterocycles. The molecule has 0 atom stereocenters. The number of hydrogen-bond acceptors (Lipinski definition) is 4. The number of rotatable bonds is 6. The van der Waals surface area contributed by atoms with Crippen LogP contribution in [0.4, 0.5) is 5.69 Å². The van der Waals surface area contributed by atoms with E-state index in [2.05, 4.69) is 21.2 Å². The van der Waals surface area contributed by atoms with Crippen molar-refractivity contribution in [2.24, 2.45) is 0 Å². The summed E-state index contributed by atoms with van der Waals surface area (Å²) in [6, 6.07) is 14.2. The quantitative estimate of drug-likeness (QED) is 0.670. The second kappa shape index (κ2) is 8.56. The third-order valence-corrected chi connectivity index (χ3v) is 7.44. The van der Waals surface area contributed by atoms with Gasteiger partial charge in [0.1, 0.15) is 0 Å². The maximum Gasteiger partial charge on any atom is 0.243 e. The first-order chi connectivity index (χ1) is 12.4. The molecular weight excluding hydrogens is 436 g/mol. The van der Waals surface area contributed by atoms with E-state index in [0.29, 0.717) is 18.8 Å². The molecule has 26 heavy (non-hydrogen) atoms. The lowest BCUT2D eigenvalue weighted by atomic mass is 10.3. The zero-order chi connectivity index (χ0) is 18.6. The molecule has 1 amide bonds. The fraction of sp³-hybridized carbons (Fsp3) is 0.278. The number of carbonyl (C=O) groups excluding carboxylic acids is 1. The van der Waals surface area contributed by atoms with E-state index >= 15 is 0 Å². The summed E-state index contributed by atoms with van der Waals surface area (Å²) in [6.45, 7) is 1.12. The third-order valence-electron chi connectivity index (χ3n) is 4.00. The van der Waals surface area contributed by atoms with Gasteiger partial charge in [0.25, 0.3) is 0 Å². The number of sulfonamides is 1. The largest absolute Gasteiger partial charge is 0.325 e. The number of thioether (sulfide) groups is 1. The summed E-state index contributed by atoms with van der Waals surface area (Å²) < 4.78 is 27.7. The summed E-state index contributed by atoms with van der Waals surface area (Å²) in [4.78, 5) is 13.4. The Kier molecular flexibility index (Phi) is 6.39. The molecule has 2 aromatic rings. The molecule has 1 saturated heterocycles. The Bertz CT molecular complexity index is 880. The Morgan fingerprint density at radius 1 is 1.12 bits per heavy atom. The minimum Gasteiger partial charge on any atom is -0.325 e. The Labute approximate surface area is 166 Å². The molecule has 3 rings (SSSR count). The van der Waals surface area contributed by atoms with E-state index in [1.165, 1.54) is 22.1 Å². The molecule has 138 valence electrons. The normalized spacial score (nSPS) is 15.1. The van der Waals surface area contributed by atoms with Crippen LogP contribution in [0.15, 0.2) is 62.8 Å². The van der Waals surface area contributed by atoms with Crippen LogP contribution in [0.3, 0.4) is 0 Å². The summed E-state index contributed by atoms with van der Waals surface area (Å²) >= 11 is 4.80. The first-order valence-corrected chi connectivity index (χ1v) is 11.5. The van der Waals surface area contributed by atoms with E-state index in [1.54, 1.807) is 18.2 Å². The predicted octanol–water partition coefficient (Wildman–Crippen LogP) is 3.96. The summed E-state index contributed by atoms with van der Waals surface area (Å²) in [6.07, 6.45) is 1.78. The van der Waals surface area contributed by atoms with Crippen LogP contribution < -0.4 is 5.32 Å². The van der Waals surface area contributed by atoms with Gasteiger partial charge in [-0.15, -0.1) is 11.8 Å². The van der Waals surface area contributed by atoms with Gasteiger partial charge in [0, 0.05) is 28.1 Å². The van der Waals surface area contributed by atoms with Crippen molar-refractivity contribution in [3.63, 3.8) is 0 Å². The highest BCUT2D eigenvalue weighted by Crippen LogP contribution is 2.24. The van der Waals surface area contributed by atoms with E-state index in [9.17, 15) is 13.2 Å². The van der Waals surface area contributed by atoms with Gasteiger partial charge in [-0.3, -0.25) is 4.79 Å². The maximum atomic E-state index is 12.6. The summed E-state index contributed by atoms with van der Waals surface area (Å²) in [5, 5.41) is 2.77. The van der Waals surface area contributed by atoms with Crippen molar-refractivity contribution in [2.75, 3.05) is 24.2 Å². The minimum atomic E-state index is -3.48. The zero-order valence-electron chi connectivity index (χ0n) is 14.0. The predicted molar refractivity (Wildman–Crippen MR) is 108 cm³/mol. The van der Waals surface area contributed by atoms with Gasteiger partial charge >= 0.3 is 0 Å². The van der Waals surface area contributed by atoms with Gasteiger partial charge < -0.3 is 5.32 Å². The molecule has 0 bridgehead atoms. The number of benzene rings is 2. The number of carbonyl (C=O) groups is 1. The summed E-state index contributed by atoms with van der Waals surface area (Å²) in [5.41, 5.74) is 0.492. The Morgan fingerprint density at radius 3 is 2.50 bits per heavy atom. The van der Waals surface area contributed by atoms with Crippen LogP contribution in [0.1, 0.15) is 12.8 Å². The fourth-order valence-electron chi connectivity index (χ4n) is 2.69. The standard InChI is InChI=1S/C18H19BrN2O3S2/c19-14-6-8-16(9-7-14)25-13-18(22)20-15-4-3-5-17(12-15)26(23,24)21-10-1-2-11-21/h3-9,12H,1-2,10-11,13H2,(H,20,22). The van der Waals surface area contributed by atoms with Crippen LogP contribution in [0, 0.1) is 0 Å². The number of nitrogens with zero attached hydrogens (tertiary/aromatic N) is 1. The van der Waals surface area contributed by atoms with Gasteiger partial charge in [0.05, 0.1) is 10.6 Å². The van der Waals surface area contributed by atoms with E-state index < -0.39 is 10.0 Å². The highest BCUT2D eigenvalue weighted by molar-refractivity contribution is 9.10. The topological polar surface area (TPSA) is 66.5 Å². The van der Waals surface area contributed by atoms with Gasteiger partial charge in [0.2, 0.25) is 15.9 Å². The molecule has 1 heterocycles. The number of amides is 1. The summed E-state index contributed by atoms with van der Waals surface area (Å²) in [7, 11) is -3.48. The van der Waals surface area contributed by atoms with Crippen LogP contribution in [0.25, 0.3) is 0 Å². The molecule has 0 aromatic heterocycles. The lowest BCUT2D eigenvalue weighted by molar-refractivity contribution is -0.113. The van der Waals surface area contributed by atoms with Gasteiger partial charge in [-0.25, -0.2) is 8.42 Å².